The number of hydrogen-bond donors (Lipinski definition) is 1. The minimum atomic E-state index is 0.230. The molecular weight excluding hydrogens is 314 g/mol. The van der Waals surface area contributed by atoms with Gasteiger partial charge >= 0.3 is 0 Å². The summed E-state index contributed by atoms with van der Waals surface area (Å²) in [7, 11) is 0. The highest BCUT2D eigenvalue weighted by molar-refractivity contribution is 5.91. The van der Waals surface area contributed by atoms with Crippen LogP contribution in [0.5, 0.6) is 0 Å². The van der Waals surface area contributed by atoms with E-state index < -0.39 is 0 Å². The molecule has 0 aliphatic carbocycles. The van der Waals surface area contributed by atoms with E-state index in [1.165, 1.54) is 0 Å². The van der Waals surface area contributed by atoms with Crippen LogP contribution in [-0.2, 0) is 4.79 Å². The lowest BCUT2D eigenvalue weighted by molar-refractivity contribution is -0.131. The lowest BCUT2D eigenvalue weighted by atomic mass is 10.1. The van der Waals surface area contributed by atoms with Crippen LogP contribution in [0, 0.1) is 0 Å². The summed E-state index contributed by atoms with van der Waals surface area (Å²) in [6.45, 7) is 5.07. The van der Waals surface area contributed by atoms with Crippen molar-refractivity contribution in [3.8, 4) is 11.3 Å². The molecule has 1 fully saturated rings. The van der Waals surface area contributed by atoms with Crippen molar-refractivity contribution in [2.45, 2.75) is 13.3 Å². The van der Waals surface area contributed by atoms with Crippen molar-refractivity contribution in [2.75, 3.05) is 31.1 Å². The zero-order chi connectivity index (χ0) is 17.2. The normalized spacial score (nSPS) is 14.9. The Balaban J connectivity index is 1.59. The molecule has 1 saturated heterocycles. The van der Waals surface area contributed by atoms with Gasteiger partial charge in [0.05, 0.1) is 5.69 Å². The molecule has 1 amide bonds. The molecule has 128 valence electrons. The number of carbonyl (C=O) groups is 1. The molecule has 0 aromatic carbocycles. The maximum atomic E-state index is 11.8. The summed E-state index contributed by atoms with van der Waals surface area (Å²) in [6, 6.07) is 10.1. The number of anilines is 1. The van der Waals surface area contributed by atoms with E-state index in [2.05, 4.69) is 14.9 Å². The van der Waals surface area contributed by atoms with Gasteiger partial charge in [-0.15, -0.1) is 0 Å². The molecule has 4 heterocycles. The monoisotopic (exact) mass is 335 g/mol. The molecule has 4 rings (SSSR count). The summed E-state index contributed by atoms with van der Waals surface area (Å²) < 4.78 is 0. The number of fused-ring (bicyclic) bond motifs is 1. The zero-order valence-electron chi connectivity index (χ0n) is 14.3. The number of H-pyrrole nitrogens is 1. The number of carbonyl (C=O) groups excluding carboxylic acids is 1. The zero-order valence-corrected chi connectivity index (χ0v) is 14.3. The summed E-state index contributed by atoms with van der Waals surface area (Å²) in [4.78, 5) is 28.4. The Hall–Kier alpha value is -2.89. The SMILES string of the molecule is CCC(=O)N1CCN(c2cccc(-c3ccnc4[nH]ccc34)n2)CC1. The van der Waals surface area contributed by atoms with E-state index >= 15 is 0 Å². The second-order valence-corrected chi connectivity index (χ2v) is 6.20. The van der Waals surface area contributed by atoms with Crippen molar-refractivity contribution in [2.24, 2.45) is 0 Å². The van der Waals surface area contributed by atoms with Crippen molar-refractivity contribution < 1.29 is 4.79 Å². The Morgan fingerprint density at radius 1 is 1.16 bits per heavy atom. The van der Waals surface area contributed by atoms with Crippen LogP contribution < -0.4 is 4.90 Å². The molecule has 0 bridgehead atoms. The highest BCUT2D eigenvalue weighted by atomic mass is 16.2. The third kappa shape index (κ3) is 2.95. The van der Waals surface area contributed by atoms with E-state index in [0.717, 1.165) is 54.3 Å². The number of nitrogens with zero attached hydrogens (tertiary/aromatic N) is 4. The van der Waals surface area contributed by atoms with E-state index in [0.29, 0.717) is 6.42 Å². The van der Waals surface area contributed by atoms with Gasteiger partial charge in [-0.2, -0.15) is 0 Å². The van der Waals surface area contributed by atoms with Crippen molar-refractivity contribution in [3.05, 3.63) is 42.7 Å². The van der Waals surface area contributed by atoms with Gasteiger partial charge < -0.3 is 14.8 Å². The molecule has 3 aromatic rings. The van der Waals surface area contributed by atoms with Gasteiger partial charge in [0.25, 0.3) is 0 Å². The fraction of sp³-hybridized carbons (Fsp3) is 0.316. The first-order valence-electron chi connectivity index (χ1n) is 8.68. The number of pyridine rings is 2. The Morgan fingerprint density at radius 3 is 2.80 bits per heavy atom. The average molecular weight is 335 g/mol. The quantitative estimate of drug-likeness (QED) is 0.799. The maximum absolute atomic E-state index is 11.8. The van der Waals surface area contributed by atoms with Crippen LogP contribution in [0.15, 0.2) is 42.7 Å². The summed E-state index contributed by atoms with van der Waals surface area (Å²) in [6.07, 6.45) is 4.27. The smallest absolute Gasteiger partial charge is 0.222 e. The van der Waals surface area contributed by atoms with Gasteiger partial charge in [-0.3, -0.25) is 4.79 Å². The molecule has 25 heavy (non-hydrogen) atoms. The summed E-state index contributed by atoms with van der Waals surface area (Å²) in [5, 5.41) is 1.07. The molecule has 1 aliphatic rings. The standard InChI is InChI=1S/C19H21N5O/c1-2-18(25)24-12-10-23(11-13-24)17-5-3-4-16(22-17)14-6-8-20-19-15(14)7-9-21-19/h3-9H,2,10-13H2,1H3,(H,20,21). The van der Waals surface area contributed by atoms with E-state index in [-0.39, 0.29) is 5.91 Å². The van der Waals surface area contributed by atoms with E-state index in [1.807, 2.05) is 48.4 Å². The first-order chi connectivity index (χ1) is 12.3. The molecule has 6 heteroatoms. The van der Waals surface area contributed by atoms with E-state index in [1.54, 1.807) is 6.20 Å². The third-order valence-corrected chi connectivity index (χ3v) is 4.73. The van der Waals surface area contributed by atoms with E-state index in [9.17, 15) is 4.79 Å². The van der Waals surface area contributed by atoms with Crippen LogP contribution in [0.4, 0.5) is 5.82 Å². The van der Waals surface area contributed by atoms with Crippen LogP contribution in [-0.4, -0.2) is 51.9 Å². The first-order valence-corrected chi connectivity index (χ1v) is 8.68. The Labute approximate surface area is 146 Å². The number of aromatic amines is 1. The van der Waals surface area contributed by atoms with Gasteiger partial charge in [-0.1, -0.05) is 13.0 Å². The second-order valence-electron chi connectivity index (χ2n) is 6.20. The second kappa shape index (κ2) is 6.55. The minimum Gasteiger partial charge on any atom is -0.353 e. The first kappa shape index (κ1) is 15.6. The molecule has 0 saturated carbocycles. The molecule has 0 unspecified atom stereocenters. The molecule has 0 radical (unpaired) electrons. The molecule has 1 aliphatic heterocycles. The number of amides is 1. The topological polar surface area (TPSA) is 65.1 Å². The lowest BCUT2D eigenvalue weighted by Gasteiger charge is -2.35. The molecule has 1 N–H and O–H groups in total. The fourth-order valence-corrected chi connectivity index (χ4v) is 3.34. The molecule has 0 spiro atoms. The summed E-state index contributed by atoms with van der Waals surface area (Å²) in [5.41, 5.74) is 2.89. The molecular formula is C19H21N5O. The van der Waals surface area contributed by atoms with Crippen LogP contribution in [0.1, 0.15) is 13.3 Å². The van der Waals surface area contributed by atoms with Crippen molar-refractivity contribution in [1.82, 2.24) is 19.9 Å². The van der Waals surface area contributed by atoms with Gasteiger partial charge in [0.15, 0.2) is 0 Å². The largest absolute Gasteiger partial charge is 0.353 e. The van der Waals surface area contributed by atoms with Crippen LogP contribution >= 0.6 is 0 Å². The minimum absolute atomic E-state index is 0.230. The van der Waals surface area contributed by atoms with Crippen molar-refractivity contribution in [3.63, 3.8) is 0 Å². The van der Waals surface area contributed by atoms with Gasteiger partial charge in [-0.05, 0) is 24.3 Å². The average Bonchev–Trinajstić information content (AvgIpc) is 3.16. The number of rotatable bonds is 3. The molecule has 6 nitrogen and oxygen atoms in total. The Kier molecular flexibility index (Phi) is 4.09. The fourth-order valence-electron chi connectivity index (χ4n) is 3.34. The molecule has 3 aromatic heterocycles. The number of hydrogen-bond acceptors (Lipinski definition) is 4. The third-order valence-electron chi connectivity index (χ3n) is 4.73. The predicted octanol–water partition coefficient (Wildman–Crippen LogP) is 2.68. The summed E-state index contributed by atoms with van der Waals surface area (Å²) in [5.74, 6) is 1.19. The Morgan fingerprint density at radius 2 is 2.00 bits per heavy atom. The van der Waals surface area contributed by atoms with Crippen LogP contribution in [0.25, 0.3) is 22.3 Å². The maximum Gasteiger partial charge on any atom is 0.222 e. The van der Waals surface area contributed by atoms with Crippen molar-refractivity contribution in [1.29, 1.82) is 0 Å². The Bertz CT molecular complexity index is 895. The number of aromatic nitrogens is 3. The molecule has 0 atom stereocenters. The summed E-state index contributed by atoms with van der Waals surface area (Å²) >= 11 is 0. The number of piperazine rings is 1. The highest BCUT2D eigenvalue weighted by Gasteiger charge is 2.21. The van der Waals surface area contributed by atoms with Crippen LogP contribution in [0.3, 0.4) is 0 Å². The van der Waals surface area contributed by atoms with Gasteiger partial charge in [-0.25, -0.2) is 9.97 Å². The van der Waals surface area contributed by atoms with Gasteiger partial charge in [0.1, 0.15) is 11.5 Å². The lowest BCUT2D eigenvalue weighted by Crippen LogP contribution is -2.48. The van der Waals surface area contributed by atoms with Crippen molar-refractivity contribution >= 4 is 22.8 Å². The van der Waals surface area contributed by atoms with E-state index in [4.69, 9.17) is 4.98 Å². The highest BCUT2D eigenvalue weighted by Crippen LogP contribution is 2.27. The number of nitrogens with one attached hydrogen (secondary N) is 1. The van der Waals surface area contributed by atoms with Gasteiger partial charge in [0.2, 0.25) is 5.91 Å². The van der Waals surface area contributed by atoms with Gasteiger partial charge in [0, 0.05) is 55.9 Å². The predicted molar refractivity (Wildman–Crippen MR) is 98.4 cm³/mol. The van der Waals surface area contributed by atoms with Crippen LogP contribution in [0.2, 0.25) is 0 Å².